The van der Waals surface area contributed by atoms with Gasteiger partial charge in [-0.05, 0) is 12.1 Å². The van der Waals surface area contributed by atoms with Gasteiger partial charge in [0, 0.05) is 18.1 Å². The molecule has 0 amide bonds. The van der Waals surface area contributed by atoms with Crippen molar-refractivity contribution in [2.75, 3.05) is 11.6 Å². The monoisotopic (exact) mass is 234 g/mol. The molecule has 0 fully saturated rings. The minimum absolute atomic E-state index is 0.297. The Morgan fingerprint density at radius 2 is 2.21 bits per heavy atom. The maximum absolute atomic E-state index is 9.20. The zero-order valence-corrected chi connectivity index (χ0v) is 9.77. The van der Waals surface area contributed by atoms with Gasteiger partial charge >= 0.3 is 0 Å². The molecule has 0 saturated carbocycles. The lowest BCUT2D eigenvalue weighted by molar-refractivity contribution is 0.223. The molecule has 0 aliphatic carbocycles. The number of furan rings is 1. The maximum Gasteiger partial charge on any atom is 0.114 e. The Morgan fingerprint density at radius 3 is 2.79 bits per heavy atom. The average Bonchev–Trinajstić information content (AvgIpc) is 2.65. The topological polar surface area (TPSA) is 33.4 Å². The van der Waals surface area contributed by atoms with Gasteiger partial charge < -0.3 is 9.52 Å². The van der Waals surface area contributed by atoms with Crippen molar-refractivity contribution >= 4 is 23.4 Å². The third kappa shape index (κ3) is 3.95. The van der Waals surface area contributed by atoms with Gasteiger partial charge in [-0.15, -0.1) is 11.6 Å². The molecule has 1 atom stereocenters. The molecule has 1 rings (SSSR count). The molecular weight excluding hydrogens is 220 g/mol. The molecule has 1 heterocycles. The zero-order chi connectivity index (χ0) is 10.4. The van der Waals surface area contributed by atoms with Gasteiger partial charge in [0.05, 0.1) is 11.9 Å². The third-order valence-electron chi connectivity index (χ3n) is 1.80. The van der Waals surface area contributed by atoms with E-state index in [1.165, 1.54) is 0 Å². The van der Waals surface area contributed by atoms with Crippen molar-refractivity contribution < 1.29 is 9.52 Å². The highest BCUT2D eigenvalue weighted by atomic mass is 35.5. The molecule has 1 aromatic rings. The Bertz CT molecular complexity index is 262. The fraction of sp³-hybridized carbons (Fsp3) is 0.600. The van der Waals surface area contributed by atoms with Crippen LogP contribution in [-0.4, -0.2) is 22.8 Å². The van der Waals surface area contributed by atoms with Gasteiger partial charge in [-0.25, -0.2) is 0 Å². The Kier molecular flexibility index (Phi) is 5.45. The molecule has 0 bridgehead atoms. The van der Waals surface area contributed by atoms with Gasteiger partial charge in [-0.3, -0.25) is 0 Å². The fourth-order valence-corrected chi connectivity index (χ4v) is 2.13. The van der Waals surface area contributed by atoms with Crippen LogP contribution in [0.1, 0.15) is 18.4 Å². The Balaban J connectivity index is 2.24. The summed E-state index contributed by atoms with van der Waals surface area (Å²) in [6, 6.07) is 3.98. The van der Waals surface area contributed by atoms with Crippen LogP contribution in [0.3, 0.4) is 0 Å². The van der Waals surface area contributed by atoms with Gasteiger partial charge in [0.2, 0.25) is 0 Å². The van der Waals surface area contributed by atoms with E-state index in [2.05, 4.69) is 6.92 Å². The lowest BCUT2D eigenvalue weighted by atomic mass is 10.4. The summed E-state index contributed by atoms with van der Waals surface area (Å²) in [5.41, 5.74) is 0. The Hall–Kier alpha value is -0.120. The first-order valence-electron chi connectivity index (χ1n) is 4.65. The van der Waals surface area contributed by atoms with E-state index >= 15 is 0 Å². The molecule has 4 heteroatoms. The molecule has 0 spiro atoms. The van der Waals surface area contributed by atoms with Gasteiger partial charge in [0.15, 0.2) is 0 Å². The van der Waals surface area contributed by atoms with Crippen molar-refractivity contribution in [3.63, 3.8) is 0 Å². The second-order valence-electron chi connectivity index (χ2n) is 3.04. The highest BCUT2D eigenvalue weighted by Gasteiger charge is 2.04. The number of hydrogen-bond acceptors (Lipinski definition) is 3. The smallest absolute Gasteiger partial charge is 0.114 e. The largest absolute Gasteiger partial charge is 0.465 e. The van der Waals surface area contributed by atoms with E-state index in [0.717, 1.165) is 23.7 Å². The second kappa shape index (κ2) is 6.38. The van der Waals surface area contributed by atoms with Crippen LogP contribution in [0.2, 0.25) is 0 Å². The summed E-state index contributed by atoms with van der Waals surface area (Å²) >= 11 is 7.11. The third-order valence-corrected chi connectivity index (χ3v) is 3.26. The number of thioether (sulfide) groups is 1. The average molecular weight is 235 g/mol. The van der Waals surface area contributed by atoms with Crippen molar-refractivity contribution in [1.82, 2.24) is 0 Å². The number of alkyl halides is 1. The van der Waals surface area contributed by atoms with E-state index in [0.29, 0.717) is 11.6 Å². The van der Waals surface area contributed by atoms with E-state index in [4.69, 9.17) is 16.0 Å². The van der Waals surface area contributed by atoms with Crippen molar-refractivity contribution in [2.24, 2.45) is 0 Å². The second-order valence-corrected chi connectivity index (χ2v) is 4.38. The van der Waals surface area contributed by atoms with E-state index < -0.39 is 6.10 Å². The SMILES string of the molecule is CCc1ccc(CSCC(O)CCl)o1. The highest BCUT2D eigenvalue weighted by Crippen LogP contribution is 2.16. The van der Waals surface area contributed by atoms with Crippen LogP contribution < -0.4 is 0 Å². The van der Waals surface area contributed by atoms with Crippen molar-refractivity contribution in [2.45, 2.75) is 25.2 Å². The number of hydrogen-bond donors (Lipinski definition) is 1. The van der Waals surface area contributed by atoms with E-state index in [1.54, 1.807) is 11.8 Å². The lowest BCUT2D eigenvalue weighted by Gasteiger charge is -2.04. The summed E-state index contributed by atoms with van der Waals surface area (Å²) in [6.07, 6.45) is 0.511. The van der Waals surface area contributed by atoms with E-state index in [1.807, 2.05) is 12.1 Å². The molecule has 80 valence electrons. The van der Waals surface area contributed by atoms with Crippen molar-refractivity contribution in [3.05, 3.63) is 23.7 Å². The first kappa shape index (κ1) is 12.0. The van der Waals surface area contributed by atoms with Crippen LogP contribution in [0.25, 0.3) is 0 Å². The van der Waals surface area contributed by atoms with Crippen LogP contribution in [0, 0.1) is 0 Å². The number of aliphatic hydroxyl groups excluding tert-OH is 1. The van der Waals surface area contributed by atoms with Gasteiger partial charge in [0.1, 0.15) is 11.5 Å². The molecule has 1 aromatic heterocycles. The molecule has 0 radical (unpaired) electrons. The van der Waals surface area contributed by atoms with Crippen molar-refractivity contribution in [1.29, 1.82) is 0 Å². The molecule has 1 unspecified atom stereocenters. The molecule has 0 saturated heterocycles. The van der Waals surface area contributed by atoms with Crippen LogP contribution >= 0.6 is 23.4 Å². The molecule has 1 N–H and O–H groups in total. The fourth-order valence-electron chi connectivity index (χ4n) is 1.03. The van der Waals surface area contributed by atoms with Gasteiger partial charge in [-0.1, -0.05) is 6.92 Å². The summed E-state index contributed by atoms with van der Waals surface area (Å²) in [5, 5.41) is 9.20. The summed E-state index contributed by atoms with van der Waals surface area (Å²) < 4.78 is 5.51. The van der Waals surface area contributed by atoms with E-state index in [9.17, 15) is 5.11 Å². The van der Waals surface area contributed by atoms with Crippen LogP contribution in [0.15, 0.2) is 16.5 Å². The first-order chi connectivity index (χ1) is 6.76. The lowest BCUT2D eigenvalue weighted by Crippen LogP contribution is -2.11. The molecule has 2 nitrogen and oxygen atoms in total. The minimum Gasteiger partial charge on any atom is -0.465 e. The Labute approximate surface area is 93.6 Å². The predicted octanol–water partition coefficient (Wildman–Crippen LogP) is 2.67. The maximum atomic E-state index is 9.20. The van der Waals surface area contributed by atoms with Crippen LogP contribution in [-0.2, 0) is 12.2 Å². The predicted molar refractivity (Wildman–Crippen MR) is 61.0 cm³/mol. The first-order valence-corrected chi connectivity index (χ1v) is 6.34. The summed E-state index contributed by atoms with van der Waals surface area (Å²) in [7, 11) is 0. The molecule has 0 aliphatic rings. The standard InChI is InChI=1S/C10H15ClO2S/c1-2-9-3-4-10(13-9)7-14-6-8(12)5-11/h3-4,8,12H,2,5-7H2,1H3. The number of rotatable bonds is 6. The molecule has 14 heavy (non-hydrogen) atoms. The number of aryl methyl sites for hydroxylation is 1. The van der Waals surface area contributed by atoms with Crippen molar-refractivity contribution in [3.8, 4) is 0 Å². The Morgan fingerprint density at radius 1 is 1.50 bits per heavy atom. The summed E-state index contributed by atoms with van der Waals surface area (Å²) in [4.78, 5) is 0. The number of aliphatic hydroxyl groups is 1. The molecule has 0 aromatic carbocycles. The van der Waals surface area contributed by atoms with E-state index in [-0.39, 0.29) is 0 Å². The summed E-state index contributed by atoms with van der Waals surface area (Å²) in [5.74, 6) is 3.73. The normalized spacial score (nSPS) is 13.1. The molecule has 0 aliphatic heterocycles. The van der Waals surface area contributed by atoms with Gasteiger partial charge in [0.25, 0.3) is 0 Å². The van der Waals surface area contributed by atoms with Gasteiger partial charge in [-0.2, -0.15) is 11.8 Å². The zero-order valence-electron chi connectivity index (χ0n) is 8.20. The highest BCUT2D eigenvalue weighted by molar-refractivity contribution is 7.98. The molecular formula is C10H15ClO2S. The summed E-state index contributed by atoms with van der Waals surface area (Å²) in [6.45, 7) is 2.06. The quantitative estimate of drug-likeness (QED) is 0.769. The van der Waals surface area contributed by atoms with Crippen LogP contribution in [0.5, 0.6) is 0 Å². The number of halogens is 1. The van der Waals surface area contributed by atoms with Crippen LogP contribution in [0.4, 0.5) is 0 Å². The minimum atomic E-state index is -0.415.